The molecule has 4 rings (SSSR count). The summed E-state index contributed by atoms with van der Waals surface area (Å²) in [5, 5.41) is 0.175. The predicted octanol–water partition coefficient (Wildman–Crippen LogP) is 4.89. The fourth-order valence-electron chi connectivity index (χ4n) is 4.20. The second-order valence-electron chi connectivity index (χ2n) is 8.56. The normalized spacial score (nSPS) is 15.0. The molecule has 0 saturated carbocycles. The number of pyridine rings is 1. The summed E-state index contributed by atoms with van der Waals surface area (Å²) >= 11 is 12.4. The van der Waals surface area contributed by atoms with Crippen LogP contribution >= 0.6 is 23.2 Å². The molecule has 1 unspecified atom stereocenters. The topological polar surface area (TPSA) is 104 Å². The van der Waals surface area contributed by atoms with Crippen LogP contribution < -0.4 is 16.2 Å². The Morgan fingerprint density at radius 3 is 2.69 bits per heavy atom. The Labute approximate surface area is 219 Å². The van der Waals surface area contributed by atoms with Crippen molar-refractivity contribution < 1.29 is 18.7 Å². The number of amides is 1. The molecule has 0 spiro atoms. The summed E-state index contributed by atoms with van der Waals surface area (Å²) in [7, 11) is 0. The molecule has 2 aromatic carbocycles. The van der Waals surface area contributed by atoms with Crippen molar-refractivity contribution in [1.29, 1.82) is 0 Å². The van der Waals surface area contributed by atoms with Crippen molar-refractivity contribution >= 4 is 34.9 Å². The zero-order valence-corrected chi connectivity index (χ0v) is 21.3. The molecule has 4 N–H and O–H groups in total. The number of primary amides is 1. The molecule has 2 heterocycles. The van der Waals surface area contributed by atoms with Gasteiger partial charge in [0.1, 0.15) is 11.9 Å². The average Bonchev–Trinajstić information content (AvgIpc) is 2.87. The van der Waals surface area contributed by atoms with Gasteiger partial charge in [-0.05, 0) is 54.8 Å². The Kier molecular flexibility index (Phi) is 8.31. The summed E-state index contributed by atoms with van der Waals surface area (Å²) in [5.74, 6) is -0.621. The van der Waals surface area contributed by atoms with Crippen LogP contribution in [0.3, 0.4) is 0 Å². The van der Waals surface area contributed by atoms with E-state index in [2.05, 4.69) is 9.88 Å². The lowest BCUT2D eigenvalue weighted by atomic mass is 9.96. The highest BCUT2D eigenvalue weighted by Crippen LogP contribution is 2.37. The van der Waals surface area contributed by atoms with Crippen LogP contribution in [0.5, 0.6) is 5.75 Å². The van der Waals surface area contributed by atoms with E-state index in [1.54, 1.807) is 25.3 Å². The number of aromatic nitrogens is 1. The van der Waals surface area contributed by atoms with Crippen LogP contribution in [0.2, 0.25) is 10.0 Å². The summed E-state index contributed by atoms with van der Waals surface area (Å²) in [5.41, 5.74) is 15.0. The molecule has 1 fully saturated rings. The minimum absolute atomic E-state index is 0.106. The number of carbonyl (C=O) groups excluding carboxylic acids is 1. The Balaban J connectivity index is 1.64. The van der Waals surface area contributed by atoms with Gasteiger partial charge < -0.3 is 20.9 Å². The van der Waals surface area contributed by atoms with Crippen molar-refractivity contribution in [1.82, 2.24) is 9.88 Å². The average molecular weight is 533 g/mol. The molecule has 0 bridgehead atoms. The molecule has 1 amide bonds. The molecule has 1 saturated heterocycles. The highest BCUT2D eigenvalue weighted by Gasteiger charge is 2.21. The van der Waals surface area contributed by atoms with Gasteiger partial charge in [-0.25, -0.2) is 9.37 Å². The Morgan fingerprint density at radius 2 is 1.97 bits per heavy atom. The fourth-order valence-corrected chi connectivity index (χ4v) is 4.88. The number of rotatable bonds is 8. The van der Waals surface area contributed by atoms with Crippen LogP contribution in [0.25, 0.3) is 11.1 Å². The van der Waals surface area contributed by atoms with Gasteiger partial charge in [0.2, 0.25) is 5.91 Å². The number of halogens is 3. The highest BCUT2D eigenvalue weighted by molar-refractivity contribution is 6.36. The molecule has 0 radical (unpaired) electrons. The van der Waals surface area contributed by atoms with Gasteiger partial charge in [0.25, 0.3) is 0 Å². The predicted molar refractivity (Wildman–Crippen MR) is 139 cm³/mol. The summed E-state index contributed by atoms with van der Waals surface area (Å²) in [6.45, 7) is 5.62. The molecule has 3 aromatic rings. The van der Waals surface area contributed by atoms with Gasteiger partial charge in [0.05, 0.1) is 18.2 Å². The number of carbonyl (C=O) groups is 1. The fraction of sp³-hybridized carbons (Fsp3) is 0.308. The Hall–Kier alpha value is -2.91. The number of hydrogen-bond donors (Lipinski definition) is 2. The molecule has 10 heteroatoms. The summed E-state index contributed by atoms with van der Waals surface area (Å²) < 4.78 is 25.5. The van der Waals surface area contributed by atoms with Crippen LogP contribution in [0, 0.1) is 5.82 Å². The van der Waals surface area contributed by atoms with E-state index >= 15 is 0 Å². The third-order valence-corrected chi connectivity index (χ3v) is 6.89. The second-order valence-corrected chi connectivity index (χ2v) is 9.35. The van der Waals surface area contributed by atoms with Crippen LogP contribution in [0.1, 0.15) is 34.5 Å². The standard InChI is InChI=1S/C26H27Cl2FN4O3/c1-15(23-20(27)4-5-21(29)24(23)28)36-22-13-18(14-32-25(22)30)19-3-2-17(26(31)34)12-16(19)6-7-33-8-10-35-11-9-33/h2-5,12-15H,6-11H2,1H3,(H2,30,32)(H2,31,34). The van der Waals surface area contributed by atoms with Crippen molar-refractivity contribution in [3.05, 3.63) is 75.1 Å². The van der Waals surface area contributed by atoms with E-state index in [1.807, 2.05) is 12.1 Å². The molecule has 1 aliphatic rings. The van der Waals surface area contributed by atoms with Gasteiger partial charge in [-0.3, -0.25) is 9.69 Å². The molecule has 36 heavy (non-hydrogen) atoms. The van der Waals surface area contributed by atoms with E-state index in [0.29, 0.717) is 36.5 Å². The minimum atomic E-state index is -0.696. The van der Waals surface area contributed by atoms with Gasteiger partial charge in [-0.1, -0.05) is 29.3 Å². The lowest BCUT2D eigenvalue weighted by Gasteiger charge is -2.27. The van der Waals surface area contributed by atoms with E-state index in [-0.39, 0.29) is 15.9 Å². The largest absolute Gasteiger partial charge is 0.482 e. The molecule has 1 atom stereocenters. The summed E-state index contributed by atoms with van der Waals surface area (Å²) in [6.07, 6.45) is 1.65. The van der Waals surface area contributed by atoms with Crippen molar-refractivity contribution in [2.75, 3.05) is 38.6 Å². The quantitative estimate of drug-likeness (QED) is 0.400. The lowest BCUT2D eigenvalue weighted by molar-refractivity contribution is 0.0384. The maximum atomic E-state index is 14.0. The lowest BCUT2D eigenvalue weighted by Crippen LogP contribution is -2.37. The number of hydrogen-bond acceptors (Lipinski definition) is 6. The first-order valence-corrected chi connectivity index (χ1v) is 12.3. The van der Waals surface area contributed by atoms with Crippen LogP contribution in [0.4, 0.5) is 10.2 Å². The highest BCUT2D eigenvalue weighted by atomic mass is 35.5. The smallest absolute Gasteiger partial charge is 0.248 e. The third-order valence-electron chi connectivity index (χ3n) is 6.17. The van der Waals surface area contributed by atoms with Gasteiger partial charge in [0, 0.05) is 47.5 Å². The number of nitrogen functional groups attached to an aromatic ring is 1. The third kappa shape index (κ3) is 5.90. The number of nitrogens with two attached hydrogens (primary N) is 2. The summed E-state index contributed by atoms with van der Waals surface area (Å²) in [6, 6.07) is 9.72. The van der Waals surface area contributed by atoms with E-state index in [4.69, 9.17) is 44.1 Å². The Morgan fingerprint density at radius 1 is 1.22 bits per heavy atom. The van der Waals surface area contributed by atoms with E-state index < -0.39 is 17.8 Å². The zero-order valence-electron chi connectivity index (χ0n) is 19.8. The minimum Gasteiger partial charge on any atom is -0.482 e. The van der Waals surface area contributed by atoms with Crippen molar-refractivity contribution in [2.45, 2.75) is 19.4 Å². The number of nitrogens with zero attached hydrogens (tertiary/aromatic N) is 2. The van der Waals surface area contributed by atoms with Crippen molar-refractivity contribution in [2.24, 2.45) is 5.73 Å². The molecular weight excluding hydrogens is 506 g/mol. The maximum Gasteiger partial charge on any atom is 0.248 e. The van der Waals surface area contributed by atoms with Crippen molar-refractivity contribution in [3.8, 4) is 16.9 Å². The second kappa shape index (κ2) is 11.4. The summed E-state index contributed by atoms with van der Waals surface area (Å²) in [4.78, 5) is 18.5. The van der Waals surface area contributed by atoms with Gasteiger partial charge in [-0.2, -0.15) is 0 Å². The first-order valence-electron chi connectivity index (χ1n) is 11.5. The Bertz CT molecular complexity index is 1270. The zero-order chi connectivity index (χ0) is 25.8. The van der Waals surface area contributed by atoms with Gasteiger partial charge in [0.15, 0.2) is 11.6 Å². The van der Waals surface area contributed by atoms with E-state index in [9.17, 15) is 9.18 Å². The number of ether oxygens (including phenoxy) is 2. The maximum absolute atomic E-state index is 14.0. The van der Waals surface area contributed by atoms with Crippen molar-refractivity contribution in [3.63, 3.8) is 0 Å². The molecule has 7 nitrogen and oxygen atoms in total. The number of anilines is 1. The van der Waals surface area contributed by atoms with E-state index in [0.717, 1.165) is 36.3 Å². The molecular formula is C26H27Cl2FN4O3. The number of benzene rings is 2. The van der Waals surface area contributed by atoms with Gasteiger partial charge in [-0.15, -0.1) is 0 Å². The molecule has 1 aliphatic heterocycles. The molecule has 0 aliphatic carbocycles. The first-order chi connectivity index (χ1) is 17.2. The number of morpholine rings is 1. The van der Waals surface area contributed by atoms with Crippen LogP contribution in [0.15, 0.2) is 42.6 Å². The SMILES string of the molecule is CC(Oc1cc(-c2ccc(C(N)=O)cc2CCN2CCOCC2)cnc1N)c1c(Cl)ccc(F)c1Cl. The monoisotopic (exact) mass is 532 g/mol. The van der Waals surface area contributed by atoms with E-state index in [1.165, 1.54) is 12.1 Å². The molecule has 190 valence electrons. The molecule has 1 aromatic heterocycles. The van der Waals surface area contributed by atoms with Gasteiger partial charge >= 0.3 is 0 Å². The first kappa shape index (κ1) is 26.2. The van der Waals surface area contributed by atoms with Crippen LogP contribution in [-0.4, -0.2) is 48.6 Å². The van der Waals surface area contributed by atoms with Crippen LogP contribution in [-0.2, 0) is 11.2 Å².